The third-order valence-electron chi connectivity index (χ3n) is 4.91. The SMILES string of the molecule is COc1cc2c(N=Nc3cc(C)cc(C)c3)c(O)n(C3CSC3)c2cc1OC. The second kappa shape index (κ2) is 7.39. The molecule has 28 heavy (non-hydrogen) atoms. The van der Waals surface area contributed by atoms with E-state index in [9.17, 15) is 5.11 Å². The summed E-state index contributed by atoms with van der Waals surface area (Å²) >= 11 is 1.86. The predicted octanol–water partition coefficient (Wildman–Crippen LogP) is 5.68. The molecule has 0 radical (unpaired) electrons. The second-order valence-electron chi connectivity index (χ2n) is 7.00. The minimum Gasteiger partial charge on any atom is -0.493 e. The zero-order valence-corrected chi connectivity index (χ0v) is 17.2. The first kappa shape index (κ1) is 18.7. The molecule has 1 fully saturated rings. The maximum Gasteiger partial charge on any atom is 0.221 e. The Labute approximate surface area is 168 Å². The number of hydrogen-bond acceptors (Lipinski definition) is 6. The topological polar surface area (TPSA) is 68.3 Å². The van der Waals surface area contributed by atoms with Gasteiger partial charge in [0.2, 0.25) is 5.88 Å². The molecule has 4 rings (SSSR count). The van der Waals surface area contributed by atoms with E-state index in [2.05, 4.69) is 16.3 Å². The van der Waals surface area contributed by atoms with Gasteiger partial charge in [0, 0.05) is 23.0 Å². The smallest absolute Gasteiger partial charge is 0.221 e. The Morgan fingerprint density at radius 2 is 1.61 bits per heavy atom. The fourth-order valence-corrected chi connectivity index (χ4v) is 4.31. The van der Waals surface area contributed by atoms with E-state index in [4.69, 9.17) is 9.47 Å². The van der Waals surface area contributed by atoms with Gasteiger partial charge in [0.05, 0.1) is 31.5 Å². The number of aromatic hydroxyl groups is 1. The molecule has 2 heterocycles. The van der Waals surface area contributed by atoms with Gasteiger partial charge in [-0.1, -0.05) is 6.07 Å². The molecule has 0 saturated carbocycles. The monoisotopic (exact) mass is 397 g/mol. The number of hydrogen-bond donors (Lipinski definition) is 1. The van der Waals surface area contributed by atoms with Crippen molar-refractivity contribution < 1.29 is 14.6 Å². The molecule has 3 aromatic rings. The minimum atomic E-state index is 0.128. The summed E-state index contributed by atoms with van der Waals surface area (Å²) in [5.74, 6) is 3.26. The van der Waals surface area contributed by atoms with Crippen LogP contribution in [0.2, 0.25) is 0 Å². The van der Waals surface area contributed by atoms with E-state index >= 15 is 0 Å². The van der Waals surface area contributed by atoms with Crippen molar-refractivity contribution in [3.8, 4) is 17.4 Å². The van der Waals surface area contributed by atoms with Crippen LogP contribution in [0.25, 0.3) is 10.9 Å². The van der Waals surface area contributed by atoms with E-state index in [1.807, 2.05) is 54.4 Å². The number of aryl methyl sites for hydroxylation is 2. The molecule has 1 aromatic heterocycles. The maximum atomic E-state index is 11.0. The van der Waals surface area contributed by atoms with Crippen molar-refractivity contribution >= 4 is 34.0 Å². The summed E-state index contributed by atoms with van der Waals surface area (Å²) in [7, 11) is 3.20. The molecule has 0 unspecified atom stereocenters. The van der Waals surface area contributed by atoms with Crippen LogP contribution in [0.15, 0.2) is 40.6 Å². The number of thioether (sulfide) groups is 1. The number of benzene rings is 2. The van der Waals surface area contributed by atoms with Crippen molar-refractivity contribution in [3.63, 3.8) is 0 Å². The van der Waals surface area contributed by atoms with Gasteiger partial charge in [-0.2, -0.15) is 16.9 Å². The highest BCUT2D eigenvalue weighted by Gasteiger charge is 2.28. The molecule has 1 aliphatic rings. The fourth-order valence-electron chi connectivity index (χ4n) is 3.56. The molecule has 2 aromatic carbocycles. The average Bonchev–Trinajstić information content (AvgIpc) is 2.88. The van der Waals surface area contributed by atoms with Crippen molar-refractivity contribution in [2.45, 2.75) is 19.9 Å². The minimum absolute atomic E-state index is 0.128. The van der Waals surface area contributed by atoms with E-state index < -0.39 is 0 Å². The number of ether oxygens (including phenoxy) is 2. The van der Waals surface area contributed by atoms with Gasteiger partial charge in [-0.15, -0.1) is 5.11 Å². The van der Waals surface area contributed by atoms with E-state index in [1.165, 1.54) is 0 Å². The number of azo groups is 1. The molecular weight excluding hydrogens is 374 g/mol. The molecule has 0 spiro atoms. The number of rotatable bonds is 5. The summed E-state index contributed by atoms with van der Waals surface area (Å²) in [6.07, 6.45) is 0. The molecule has 0 atom stereocenters. The summed E-state index contributed by atoms with van der Waals surface area (Å²) in [6.45, 7) is 4.06. The first-order valence-corrected chi connectivity index (χ1v) is 10.2. The van der Waals surface area contributed by atoms with Crippen molar-refractivity contribution in [3.05, 3.63) is 41.5 Å². The van der Waals surface area contributed by atoms with Gasteiger partial charge in [0.1, 0.15) is 0 Å². The van der Waals surface area contributed by atoms with Crippen LogP contribution in [0.5, 0.6) is 17.4 Å². The molecule has 1 N–H and O–H groups in total. The zero-order chi connectivity index (χ0) is 19.8. The quantitative estimate of drug-likeness (QED) is 0.562. The van der Waals surface area contributed by atoms with Crippen LogP contribution >= 0.6 is 11.8 Å². The van der Waals surface area contributed by atoms with Crippen LogP contribution in [0, 0.1) is 13.8 Å². The molecule has 1 saturated heterocycles. The van der Waals surface area contributed by atoms with Crippen molar-refractivity contribution in [2.75, 3.05) is 25.7 Å². The van der Waals surface area contributed by atoms with Crippen LogP contribution < -0.4 is 9.47 Å². The number of aromatic nitrogens is 1. The maximum absolute atomic E-state index is 11.0. The van der Waals surface area contributed by atoms with Gasteiger partial charge in [0.25, 0.3) is 0 Å². The van der Waals surface area contributed by atoms with Crippen molar-refractivity contribution in [1.29, 1.82) is 0 Å². The van der Waals surface area contributed by atoms with E-state index in [1.54, 1.807) is 14.2 Å². The summed E-state index contributed by atoms with van der Waals surface area (Å²) in [5.41, 5.74) is 4.33. The van der Waals surface area contributed by atoms with Crippen LogP contribution in [-0.4, -0.2) is 35.4 Å². The van der Waals surface area contributed by atoms with Gasteiger partial charge in [-0.3, -0.25) is 0 Å². The summed E-state index contributed by atoms with van der Waals surface area (Å²) < 4.78 is 12.8. The highest BCUT2D eigenvalue weighted by atomic mass is 32.2. The third kappa shape index (κ3) is 3.20. The molecule has 146 valence electrons. The Bertz CT molecular complexity index is 1050. The van der Waals surface area contributed by atoms with E-state index in [-0.39, 0.29) is 11.9 Å². The zero-order valence-electron chi connectivity index (χ0n) is 16.4. The van der Waals surface area contributed by atoms with Crippen molar-refractivity contribution in [2.24, 2.45) is 10.2 Å². The Morgan fingerprint density at radius 3 is 2.18 bits per heavy atom. The van der Waals surface area contributed by atoms with Crippen LogP contribution in [-0.2, 0) is 0 Å². The number of methoxy groups -OCH3 is 2. The molecule has 0 aliphatic carbocycles. The standard InChI is InChI=1S/C21H23N3O3S/c1-12-5-13(2)7-14(6-12)22-23-20-16-8-18(26-3)19(27-4)9-17(16)24(21(20)25)15-10-28-11-15/h5-9,15,25H,10-11H2,1-4H3. The molecule has 0 bridgehead atoms. The van der Waals surface area contributed by atoms with Crippen LogP contribution in [0.1, 0.15) is 17.2 Å². The second-order valence-corrected chi connectivity index (χ2v) is 8.08. The molecule has 1 aliphatic heterocycles. The summed E-state index contributed by atoms with van der Waals surface area (Å²) in [5, 5.41) is 20.6. The van der Waals surface area contributed by atoms with Crippen LogP contribution in [0.3, 0.4) is 0 Å². The number of nitrogens with zero attached hydrogens (tertiary/aromatic N) is 3. The van der Waals surface area contributed by atoms with Gasteiger partial charge in [-0.05, 0) is 43.2 Å². The lowest BCUT2D eigenvalue weighted by molar-refractivity contribution is 0.355. The highest BCUT2D eigenvalue weighted by Crippen LogP contribution is 2.47. The molecule has 7 heteroatoms. The predicted molar refractivity (Wildman–Crippen MR) is 113 cm³/mol. The van der Waals surface area contributed by atoms with E-state index in [0.717, 1.165) is 39.2 Å². The largest absolute Gasteiger partial charge is 0.493 e. The summed E-state index contributed by atoms with van der Waals surface area (Å²) in [4.78, 5) is 0. The van der Waals surface area contributed by atoms with Gasteiger partial charge >= 0.3 is 0 Å². The fraction of sp³-hybridized carbons (Fsp3) is 0.333. The molecular formula is C21H23N3O3S. The highest BCUT2D eigenvalue weighted by molar-refractivity contribution is 8.00. The van der Waals surface area contributed by atoms with Gasteiger partial charge < -0.3 is 19.1 Å². The third-order valence-corrected chi connectivity index (χ3v) is 6.16. The lowest BCUT2D eigenvalue weighted by Crippen LogP contribution is -2.22. The summed E-state index contributed by atoms with van der Waals surface area (Å²) in [6, 6.07) is 10.0. The average molecular weight is 398 g/mol. The van der Waals surface area contributed by atoms with Gasteiger partial charge in [-0.25, -0.2) is 0 Å². The van der Waals surface area contributed by atoms with Crippen molar-refractivity contribution in [1.82, 2.24) is 4.57 Å². The lowest BCUT2D eigenvalue weighted by Gasteiger charge is -2.28. The Morgan fingerprint density at radius 1 is 0.964 bits per heavy atom. The van der Waals surface area contributed by atoms with E-state index in [0.29, 0.717) is 17.2 Å². The Balaban J connectivity index is 1.89. The first-order chi connectivity index (χ1) is 13.5. The normalized spacial score (nSPS) is 14.6. The van der Waals surface area contributed by atoms with Crippen LogP contribution in [0.4, 0.5) is 11.4 Å². The molecule has 6 nitrogen and oxygen atoms in total. The van der Waals surface area contributed by atoms with Gasteiger partial charge in [0.15, 0.2) is 17.2 Å². The molecule has 0 amide bonds. The Hall–Kier alpha value is -2.67. The first-order valence-electron chi connectivity index (χ1n) is 9.08. The Kier molecular flexibility index (Phi) is 4.93. The lowest BCUT2D eigenvalue weighted by atomic mass is 10.1. The number of fused-ring (bicyclic) bond motifs is 1.